The van der Waals surface area contributed by atoms with Crippen LogP contribution in [-0.2, 0) is 16.0 Å². The summed E-state index contributed by atoms with van der Waals surface area (Å²) < 4.78 is 5.34. The van der Waals surface area contributed by atoms with E-state index in [1.54, 1.807) is 17.5 Å². The zero-order chi connectivity index (χ0) is 20.9. The monoisotopic (exact) mass is 425 g/mol. The normalized spacial score (nSPS) is 14.0. The number of hydrogen-bond donors (Lipinski definition) is 2. The molecule has 1 aliphatic rings. The minimum atomic E-state index is -0.192. The molecule has 1 saturated heterocycles. The molecule has 1 amide bonds. The Morgan fingerprint density at radius 3 is 2.90 bits per heavy atom. The fourth-order valence-electron chi connectivity index (χ4n) is 3.37. The summed E-state index contributed by atoms with van der Waals surface area (Å²) in [6.45, 7) is 4.45. The lowest BCUT2D eigenvalue weighted by atomic mass is 10.1. The number of morpholine rings is 1. The molecule has 156 valence electrons. The fourth-order valence-corrected chi connectivity index (χ4v) is 4.01. The first-order valence-electron chi connectivity index (χ1n) is 9.82. The largest absolute Gasteiger partial charge is 0.378 e. The number of hydrogen-bond acceptors (Lipinski definition) is 7. The van der Waals surface area contributed by atoms with Crippen LogP contribution >= 0.6 is 11.3 Å². The van der Waals surface area contributed by atoms with Gasteiger partial charge in [-0.1, -0.05) is 12.1 Å². The average Bonchev–Trinajstić information content (AvgIpc) is 3.29. The number of benzene rings is 1. The maximum Gasteiger partial charge on any atom is 0.255 e. The minimum absolute atomic E-state index is 0.151. The summed E-state index contributed by atoms with van der Waals surface area (Å²) in [4.78, 5) is 38.7. The second-order valence-corrected chi connectivity index (χ2v) is 7.91. The van der Waals surface area contributed by atoms with Crippen LogP contribution in [0.2, 0.25) is 0 Å². The van der Waals surface area contributed by atoms with E-state index in [1.807, 2.05) is 41.5 Å². The van der Waals surface area contributed by atoms with Crippen LogP contribution in [0.5, 0.6) is 0 Å². The van der Waals surface area contributed by atoms with Crippen molar-refractivity contribution in [2.45, 2.75) is 19.8 Å². The molecule has 8 nitrogen and oxygen atoms in total. The molecule has 2 N–H and O–H groups in total. The zero-order valence-corrected chi connectivity index (χ0v) is 17.5. The van der Waals surface area contributed by atoms with Crippen LogP contribution in [0.3, 0.4) is 0 Å². The summed E-state index contributed by atoms with van der Waals surface area (Å²) in [7, 11) is 0. The molecule has 3 heterocycles. The molecule has 0 atom stereocenters. The fraction of sp³-hybridized carbons (Fsp3) is 0.333. The van der Waals surface area contributed by atoms with E-state index in [0.717, 1.165) is 10.6 Å². The van der Waals surface area contributed by atoms with Gasteiger partial charge in [0.1, 0.15) is 5.01 Å². The standard InChI is InChI=1S/C21H23N5O3S/c1-14-17(19(28)25-21(23-14)26-8-10-29-11-9-26)5-6-18(27)24-16-4-2-3-15(13-16)20-22-7-12-30-20/h2-4,7,12-13H,5-6,8-11H2,1H3,(H,24,27)(H,23,25,28). The van der Waals surface area contributed by atoms with Gasteiger partial charge in [-0.2, -0.15) is 0 Å². The Balaban J connectivity index is 1.39. The van der Waals surface area contributed by atoms with Gasteiger partial charge in [0.05, 0.1) is 13.2 Å². The molecule has 0 unspecified atom stereocenters. The molecule has 4 rings (SSSR count). The minimum Gasteiger partial charge on any atom is -0.378 e. The molecule has 30 heavy (non-hydrogen) atoms. The lowest BCUT2D eigenvalue weighted by Gasteiger charge is -2.27. The summed E-state index contributed by atoms with van der Waals surface area (Å²) in [5.74, 6) is 0.412. The Morgan fingerprint density at radius 1 is 1.33 bits per heavy atom. The number of nitrogens with zero attached hydrogens (tertiary/aromatic N) is 3. The van der Waals surface area contributed by atoms with Crippen LogP contribution < -0.4 is 15.8 Å². The summed E-state index contributed by atoms with van der Waals surface area (Å²) in [5.41, 5.74) is 2.66. The van der Waals surface area contributed by atoms with Gasteiger partial charge in [0.15, 0.2) is 0 Å². The molecule has 0 spiro atoms. The highest BCUT2D eigenvalue weighted by molar-refractivity contribution is 7.13. The lowest BCUT2D eigenvalue weighted by Crippen LogP contribution is -2.38. The molecule has 0 bridgehead atoms. The van der Waals surface area contributed by atoms with Gasteiger partial charge in [-0.15, -0.1) is 11.3 Å². The van der Waals surface area contributed by atoms with Crippen molar-refractivity contribution in [1.29, 1.82) is 0 Å². The van der Waals surface area contributed by atoms with E-state index < -0.39 is 0 Å². The van der Waals surface area contributed by atoms with Gasteiger partial charge < -0.3 is 15.0 Å². The molecule has 9 heteroatoms. The molecule has 1 aliphatic heterocycles. The Morgan fingerprint density at radius 2 is 2.17 bits per heavy atom. The zero-order valence-electron chi connectivity index (χ0n) is 16.7. The number of ether oxygens (including phenoxy) is 1. The third-order valence-corrected chi connectivity index (χ3v) is 5.77. The highest BCUT2D eigenvalue weighted by Crippen LogP contribution is 2.24. The van der Waals surface area contributed by atoms with Crippen molar-refractivity contribution < 1.29 is 9.53 Å². The van der Waals surface area contributed by atoms with E-state index in [0.29, 0.717) is 55.6 Å². The number of rotatable bonds is 6. The van der Waals surface area contributed by atoms with Crippen LogP contribution in [0.25, 0.3) is 10.6 Å². The van der Waals surface area contributed by atoms with Crippen molar-refractivity contribution in [1.82, 2.24) is 15.0 Å². The molecule has 1 fully saturated rings. The number of carbonyl (C=O) groups excluding carboxylic acids is 1. The maximum atomic E-state index is 12.6. The third kappa shape index (κ3) is 4.74. The number of aromatic nitrogens is 3. The van der Waals surface area contributed by atoms with E-state index in [4.69, 9.17) is 4.74 Å². The van der Waals surface area contributed by atoms with Gasteiger partial charge in [-0.05, 0) is 25.5 Å². The summed E-state index contributed by atoms with van der Waals surface area (Å²) in [5, 5.41) is 5.72. The van der Waals surface area contributed by atoms with E-state index in [-0.39, 0.29) is 17.9 Å². The summed E-state index contributed by atoms with van der Waals surface area (Å²) in [6, 6.07) is 7.58. The van der Waals surface area contributed by atoms with Gasteiger partial charge in [-0.25, -0.2) is 9.97 Å². The first kappa shape index (κ1) is 20.2. The average molecular weight is 426 g/mol. The topological polar surface area (TPSA) is 100 Å². The highest BCUT2D eigenvalue weighted by atomic mass is 32.1. The second kappa shape index (κ2) is 9.19. The number of aromatic amines is 1. The Labute approximate surface area is 178 Å². The number of carbonyl (C=O) groups is 1. The van der Waals surface area contributed by atoms with Crippen molar-refractivity contribution in [2.75, 3.05) is 36.5 Å². The van der Waals surface area contributed by atoms with Crippen molar-refractivity contribution in [3.63, 3.8) is 0 Å². The van der Waals surface area contributed by atoms with E-state index >= 15 is 0 Å². The van der Waals surface area contributed by atoms with E-state index in [9.17, 15) is 9.59 Å². The molecule has 1 aromatic carbocycles. The Kier molecular flexibility index (Phi) is 6.20. The number of H-pyrrole nitrogens is 1. The third-order valence-electron chi connectivity index (χ3n) is 4.95. The number of amides is 1. The SMILES string of the molecule is Cc1nc(N2CCOCC2)[nH]c(=O)c1CCC(=O)Nc1cccc(-c2nccs2)c1. The van der Waals surface area contributed by atoms with Crippen molar-refractivity contribution in [3.05, 3.63) is 57.5 Å². The Hall–Kier alpha value is -3.04. The van der Waals surface area contributed by atoms with Crippen molar-refractivity contribution in [2.24, 2.45) is 0 Å². The maximum absolute atomic E-state index is 12.6. The van der Waals surface area contributed by atoms with Crippen molar-refractivity contribution in [3.8, 4) is 10.6 Å². The molecular formula is C21H23N5O3S. The lowest BCUT2D eigenvalue weighted by molar-refractivity contribution is -0.116. The van der Waals surface area contributed by atoms with Gasteiger partial charge in [0.2, 0.25) is 11.9 Å². The highest BCUT2D eigenvalue weighted by Gasteiger charge is 2.17. The molecular weight excluding hydrogens is 402 g/mol. The van der Waals surface area contributed by atoms with Gasteiger partial charge >= 0.3 is 0 Å². The molecule has 0 aliphatic carbocycles. The first-order valence-corrected chi connectivity index (χ1v) is 10.7. The predicted molar refractivity (Wildman–Crippen MR) is 117 cm³/mol. The van der Waals surface area contributed by atoms with Crippen LogP contribution in [0, 0.1) is 6.92 Å². The molecule has 0 radical (unpaired) electrons. The predicted octanol–water partition coefficient (Wildman–Crippen LogP) is 2.61. The van der Waals surface area contributed by atoms with Crippen LogP contribution in [-0.4, -0.2) is 47.2 Å². The molecule has 3 aromatic rings. The van der Waals surface area contributed by atoms with Crippen LogP contribution in [0.4, 0.5) is 11.6 Å². The summed E-state index contributed by atoms with van der Waals surface area (Å²) >= 11 is 1.55. The molecule has 0 saturated carbocycles. The summed E-state index contributed by atoms with van der Waals surface area (Å²) in [6.07, 6.45) is 2.28. The van der Waals surface area contributed by atoms with Gasteiger partial charge in [0, 0.05) is 53.6 Å². The second-order valence-electron chi connectivity index (χ2n) is 7.02. The first-order chi connectivity index (χ1) is 14.6. The number of nitrogens with one attached hydrogen (secondary N) is 2. The number of thiazole rings is 1. The van der Waals surface area contributed by atoms with Crippen LogP contribution in [0.15, 0.2) is 40.6 Å². The number of anilines is 2. The van der Waals surface area contributed by atoms with E-state index in [1.165, 1.54) is 0 Å². The molecule has 2 aromatic heterocycles. The quantitative estimate of drug-likeness (QED) is 0.630. The smallest absolute Gasteiger partial charge is 0.255 e. The van der Waals surface area contributed by atoms with Gasteiger partial charge in [0.25, 0.3) is 5.56 Å². The van der Waals surface area contributed by atoms with Gasteiger partial charge in [-0.3, -0.25) is 14.6 Å². The number of aryl methyl sites for hydroxylation is 1. The Bertz CT molecular complexity index is 1070. The van der Waals surface area contributed by atoms with Crippen LogP contribution in [0.1, 0.15) is 17.7 Å². The van der Waals surface area contributed by atoms with E-state index in [2.05, 4.69) is 20.3 Å². The van der Waals surface area contributed by atoms with Crippen molar-refractivity contribution >= 4 is 28.9 Å².